The van der Waals surface area contributed by atoms with E-state index in [1.54, 1.807) is 0 Å². The van der Waals surface area contributed by atoms with E-state index < -0.39 is 0 Å². The summed E-state index contributed by atoms with van der Waals surface area (Å²) in [5, 5.41) is 3.49. The number of rotatable bonds is 4. The summed E-state index contributed by atoms with van der Waals surface area (Å²) in [5.74, 6) is 0. The van der Waals surface area contributed by atoms with Crippen LogP contribution in [0.25, 0.3) is 6.08 Å². The molecule has 0 aliphatic heterocycles. The molecular weight excluding hydrogens is 206 g/mol. The molecule has 2 aromatic rings. The SMILES string of the molecule is C=Cc1ccccc1C(C)Nc1ccccc1. The Morgan fingerprint density at radius 2 is 1.65 bits per heavy atom. The molecule has 2 rings (SSSR count). The Morgan fingerprint density at radius 1 is 1.00 bits per heavy atom. The van der Waals surface area contributed by atoms with Crippen molar-refractivity contribution in [2.75, 3.05) is 5.32 Å². The summed E-state index contributed by atoms with van der Waals surface area (Å²) in [6, 6.07) is 18.8. The third kappa shape index (κ3) is 2.76. The molecule has 0 fully saturated rings. The minimum Gasteiger partial charge on any atom is -0.378 e. The summed E-state index contributed by atoms with van der Waals surface area (Å²) < 4.78 is 0. The number of benzene rings is 2. The Hall–Kier alpha value is -2.02. The Morgan fingerprint density at radius 3 is 2.35 bits per heavy atom. The van der Waals surface area contributed by atoms with Crippen molar-refractivity contribution >= 4 is 11.8 Å². The van der Waals surface area contributed by atoms with Crippen molar-refractivity contribution in [1.82, 2.24) is 0 Å². The molecule has 1 nitrogen and oxygen atoms in total. The fraction of sp³-hybridized carbons (Fsp3) is 0.125. The molecule has 1 heteroatoms. The van der Waals surface area contributed by atoms with E-state index in [9.17, 15) is 0 Å². The van der Waals surface area contributed by atoms with Crippen molar-refractivity contribution in [2.24, 2.45) is 0 Å². The van der Waals surface area contributed by atoms with E-state index in [1.165, 1.54) is 11.1 Å². The first-order valence-corrected chi connectivity index (χ1v) is 5.84. The second-order valence-electron chi connectivity index (χ2n) is 4.07. The zero-order chi connectivity index (χ0) is 12.1. The maximum absolute atomic E-state index is 3.85. The Bertz CT molecular complexity index is 488. The van der Waals surface area contributed by atoms with Crippen LogP contribution in [0.3, 0.4) is 0 Å². The van der Waals surface area contributed by atoms with Gasteiger partial charge in [-0.05, 0) is 30.2 Å². The van der Waals surface area contributed by atoms with Crippen molar-refractivity contribution in [2.45, 2.75) is 13.0 Å². The number of hydrogen-bond donors (Lipinski definition) is 1. The van der Waals surface area contributed by atoms with Crippen LogP contribution < -0.4 is 5.32 Å². The fourth-order valence-corrected chi connectivity index (χ4v) is 1.95. The van der Waals surface area contributed by atoms with Crippen molar-refractivity contribution in [3.8, 4) is 0 Å². The highest BCUT2D eigenvalue weighted by Gasteiger charge is 2.07. The molecular formula is C16H17N. The highest BCUT2D eigenvalue weighted by atomic mass is 14.9. The van der Waals surface area contributed by atoms with Crippen molar-refractivity contribution < 1.29 is 0 Å². The highest BCUT2D eigenvalue weighted by molar-refractivity contribution is 5.55. The van der Waals surface area contributed by atoms with E-state index in [-0.39, 0.29) is 6.04 Å². The van der Waals surface area contributed by atoms with Crippen LogP contribution in [0, 0.1) is 0 Å². The van der Waals surface area contributed by atoms with E-state index in [1.807, 2.05) is 30.3 Å². The second-order valence-corrected chi connectivity index (χ2v) is 4.07. The molecule has 1 unspecified atom stereocenters. The molecule has 0 aliphatic carbocycles. The van der Waals surface area contributed by atoms with Gasteiger partial charge in [-0.15, -0.1) is 0 Å². The topological polar surface area (TPSA) is 12.0 Å². The van der Waals surface area contributed by atoms with E-state index in [0.29, 0.717) is 0 Å². The lowest BCUT2D eigenvalue weighted by atomic mass is 10.0. The number of hydrogen-bond acceptors (Lipinski definition) is 1. The molecule has 0 saturated carbocycles. The van der Waals surface area contributed by atoms with E-state index in [0.717, 1.165) is 5.69 Å². The molecule has 0 aliphatic rings. The van der Waals surface area contributed by atoms with Gasteiger partial charge >= 0.3 is 0 Å². The third-order valence-electron chi connectivity index (χ3n) is 2.84. The van der Waals surface area contributed by atoms with Gasteiger partial charge in [0.05, 0.1) is 0 Å². The van der Waals surface area contributed by atoms with Gasteiger partial charge in [0.25, 0.3) is 0 Å². The van der Waals surface area contributed by atoms with Crippen LogP contribution in [-0.2, 0) is 0 Å². The molecule has 0 spiro atoms. The molecule has 17 heavy (non-hydrogen) atoms. The smallest absolute Gasteiger partial charge is 0.0491 e. The summed E-state index contributed by atoms with van der Waals surface area (Å²) in [4.78, 5) is 0. The summed E-state index contributed by atoms with van der Waals surface area (Å²) in [6.07, 6.45) is 1.90. The molecule has 1 N–H and O–H groups in total. The van der Waals surface area contributed by atoms with Gasteiger partial charge in [0.15, 0.2) is 0 Å². The standard InChI is InChI=1S/C16H17N/c1-3-14-9-7-8-12-16(14)13(2)17-15-10-5-4-6-11-15/h3-13,17H,1H2,2H3. The number of anilines is 1. The summed E-state index contributed by atoms with van der Waals surface area (Å²) in [5.41, 5.74) is 3.59. The third-order valence-corrected chi connectivity index (χ3v) is 2.84. The van der Waals surface area contributed by atoms with E-state index in [2.05, 4.69) is 49.2 Å². The van der Waals surface area contributed by atoms with Crippen LogP contribution in [0.15, 0.2) is 61.2 Å². The molecule has 0 radical (unpaired) electrons. The van der Waals surface area contributed by atoms with Crippen molar-refractivity contribution in [3.05, 3.63) is 72.3 Å². The fourth-order valence-electron chi connectivity index (χ4n) is 1.95. The van der Waals surface area contributed by atoms with Gasteiger partial charge in [0, 0.05) is 11.7 Å². The van der Waals surface area contributed by atoms with Gasteiger partial charge in [-0.3, -0.25) is 0 Å². The lowest BCUT2D eigenvalue weighted by molar-refractivity contribution is 0.882. The normalized spacial score (nSPS) is 11.8. The lowest BCUT2D eigenvalue weighted by Gasteiger charge is -2.17. The number of para-hydroxylation sites is 1. The Kier molecular flexibility index (Phi) is 3.61. The quantitative estimate of drug-likeness (QED) is 0.804. The molecule has 0 heterocycles. The van der Waals surface area contributed by atoms with Crippen LogP contribution in [-0.4, -0.2) is 0 Å². The lowest BCUT2D eigenvalue weighted by Crippen LogP contribution is -2.07. The maximum atomic E-state index is 3.85. The molecule has 0 amide bonds. The predicted molar refractivity (Wildman–Crippen MR) is 75.0 cm³/mol. The van der Waals surface area contributed by atoms with Gasteiger partial charge in [0.1, 0.15) is 0 Å². The van der Waals surface area contributed by atoms with E-state index >= 15 is 0 Å². The van der Waals surface area contributed by atoms with Gasteiger partial charge in [0.2, 0.25) is 0 Å². The largest absolute Gasteiger partial charge is 0.378 e. The molecule has 0 bridgehead atoms. The molecule has 0 aromatic heterocycles. The zero-order valence-corrected chi connectivity index (χ0v) is 10.1. The van der Waals surface area contributed by atoms with Gasteiger partial charge in [-0.2, -0.15) is 0 Å². The first-order chi connectivity index (χ1) is 8.31. The average molecular weight is 223 g/mol. The molecule has 1 atom stereocenters. The first kappa shape index (κ1) is 11.5. The molecule has 0 saturated heterocycles. The summed E-state index contributed by atoms with van der Waals surface area (Å²) >= 11 is 0. The predicted octanol–water partition coefficient (Wildman–Crippen LogP) is 4.50. The van der Waals surface area contributed by atoms with Crippen LogP contribution in [0.4, 0.5) is 5.69 Å². The van der Waals surface area contributed by atoms with E-state index in [4.69, 9.17) is 0 Å². The van der Waals surface area contributed by atoms with Gasteiger partial charge in [-0.1, -0.05) is 55.1 Å². The average Bonchev–Trinajstić information content (AvgIpc) is 2.40. The monoisotopic (exact) mass is 223 g/mol. The Balaban J connectivity index is 2.20. The van der Waals surface area contributed by atoms with Crippen LogP contribution in [0.1, 0.15) is 24.1 Å². The molecule has 2 aromatic carbocycles. The summed E-state index contributed by atoms with van der Waals surface area (Å²) in [6.45, 7) is 6.02. The van der Waals surface area contributed by atoms with Crippen LogP contribution >= 0.6 is 0 Å². The molecule has 86 valence electrons. The van der Waals surface area contributed by atoms with Crippen LogP contribution in [0.5, 0.6) is 0 Å². The zero-order valence-electron chi connectivity index (χ0n) is 10.1. The minimum atomic E-state index is 0.270. The van der Waals surface area contributed by atoms with Crippen LogP contribution in [0.2, 0.25) is 0 Å². The summed E-state index contributed by atoms with van der Waals surface area (Å²) in [7, 11) is 0. The van der Waals surface area contributed by atoms with Crippen molar-refractivity contribution in [1.29, 1.82) is 0 Å². The Labute approximate surface area is 103 Å². The van der Waals surface area contributed by atoms with Crippen molar-refractivity contribution in [3.63, 3.8) is 0 Å². The van der Waals surface area contributed by atoms with Gasteiger partial charge in [-0.25, -0.2) is 0 Å². The second kappa shape index (κ2) is 5.35. The first-order valence-electron chi connectivity index (χ1n) is 5.84. The highest BCUT2D eigenvalue weighted by Crippen LogP contribution is 2.22. The number of nitrogens with one attached hydrogen (secondary N) is 1. The maximum Gasteiger partial charge on any atom is 0.0491 e. The minimum absolute atomic E-state index is 0.270. The van der Waals surface area contributed by atoms with Gasteiger partial charge < -0.3 is 5.32 Å².